The third kappa shape index (κ3) is 4.79. The van der Waals surface area contributed by atoms with E-state index >= 15 is 0 Å². The number of amides is 2. The van der Waals surface area contributed by atoms with E-state index in [-0.39, 0.29) is 28.4 Å². The molecule has 3 aromatic rings. The Balaban J connectivity index is 2.26. The zero-order chi connectivity index (χ0) is 24.3. The molecule has 8 nitrogen and oxygen atoms in total. The highest BCUT2D eigenvalue weighted by atomic mass is 32.1. The fraction of sp³-hybridized carbons (Fsp3) is 0.375. The summed E-state index contributed by atoms with van der Waals surface area (Å²) in [5.74, 6) is -1.01. The molecular weight excluding hydrogens is 440 g/mol. The lowest BCUT2D eigenvalue weighted by Crippen LogP contribution is -2.31. The van der Waals surface area contributed by atoms with Gasteiger partial charge in [0.05, 0.1) is 28.2 Å². The number of nitrogens with zero attached hydrogens (tertiary/aromatic N) is 1. The second-order valence-corrected chi connectivity index (χ2v) is 9.10. The van der Waals surface area contributed by atoms with Gasteiger partial charge in [0.15, 0.2) is 0 Å². The molecule has 176 valence electrons. The molecule has 0 saturated heterocycles. The SMILES string of the molecule is CCON(C)C(=O)c1c(C(=O)c2c(C)[nH]c3ccccc23)sc(NCC(C)C)c1C(=O)NC. The number of fused-ring (bicyclic) bond motifs is 1. The van der Waals surface area contributed by atoms with Gasteiger partial charge in [-0.3, -0.25) is 19.2 Å². The quantitative estimate of drug-likeness (QED) is 0.321. The molecule has 0 aliphatic rings. The summed E-state index contributed by atoms with van der Waals surface area (Å²) in [7, 11) is 2.97. The number of hydrogen-bond donors (Lipinski definition) is 3. The maximum absolute atomic E-state index is 13.9. The fourth-order valence-corrected chi connectivity index (χ4v) is 4.79. The van der Waals surface area contributed by atoms with Crippen molar-refractivity contribution < 1.29 is 19.2 Å². The monoisotopic (exact) mass is 470 g/mol. The van der Waals surface area contributed by atoms with E-state index in [1.165, 1.54) is 14.1 Å². The lowest BCUT2D eigenvalue weighted by Gasteiger charge is -2.17. The van der Waals surface area contributed by atoms with Crippen LogP contribution in [-0.2, 0) is 4.84 Å². The van der Waals surface area contributed by atoms with Crippen LogP contribution in [0.5, 0.6) is 0 Å². The van der Waals surface area contributed by atoms with Crippen LogP contribution in [0.15, 0.2) is 24.3 Å². The Morgan fingerprint density at radius 2 is 1.85 bits per heavy atom. The maximum Gasteiger partial charge on any atom is 0.279 e. The minimum absolute atomic E-state index is 0.0382. The van der Waals surface area contributed by atoms with Crippen molar-refractivity contribution in [3.05, 3.63) is 51.5 Å². The minimum atomic E-state index is -0.551. The molecule has 2 amide bonds. The Kier molecular flexibility index (Phi) is 7.55. The summed E-state index contributed by atoms with van der Waals surface area (Å²) in [5.41, 5.74) is 2.21. The van der Waals surface area contributed by atoms with E-state index in [2.05, 4.69) is 15.6 Å². The number of aryl methyl sites for hydroxylation is 1. The Bertz CT molecular complexity index is 1190. The van der Waals surface area contributed by atoms with E-state index < -0.39 is 11.8 Å². The third-order valence-corrected chi connectivity index (χ3v) is 6.33. The zero-order valence-corrected chi connectivity index (χ0v) is 20.6. The van der Waals surface area contributed by atoms with Crippen molar-refractivity contribution in [2.75, 3.05) is 32.6 Å². The molecule has 0 spiro atoms. The molecule has 0 radical (unpaired) electrons. The van der Waals surface area contributed by atoms with Crippen LogP contribution in [0.3, 0.4) is 0 Å². The number of ketones is 1. The van der Waals surface area contributed by atoms with Gasteiger partial charge in [-0.25, -0.2) is 5.06 Å². The highest BCUT2D eigenvalue weighted by molar-refractivity contribution is 7.19. The number of rotatable bonds is 9. The van der Waals surface area contributed by atoms with Gasteiger partial charge in [0, 0.05) is 37.2 Å². The molecule has 3 rings (SSSR count). The lowest BCUT2D eigenvalue weighted by molar-refractivity contribution is -0.100. The number of hydrogen-bond acceptors (Lipinski definition) is 6. The first kappa shape index (κ1) is 24.5. The summed E-state index contributed by atoms with van der Waals surface area (Å²) in [6.45, 7) is 8.51. The van der Waals surface area contributed by atoms with Gasteiger partial charge in [-0.2, -0.15) is 0 Å². The number of aromatic amines is 1. The van der Waals surface area contributed by atoms with Crippen molar-refractivity contribution in [2.45, 2.75) is 27.7 Å². The number of carbonyl (C=O) groups excluding carboxylic acids is 3. The second-order valence-electron chi connectivity index (χ2n) is 8.08. The molecule has 0 atom stereocenters. The van der Waals surface area contributed by atoms with Crippen LogP contribution in [0.25, 0.3) is 10.9 Å². The van der Waals surface area contributed by atoms with Crippen LogP contribution in [0.4, 0.5) is 5.00 Å². The van der Waals surface area contributed by atoms with Crippen molar-refractivity contribution >= 4 is 44.8 Å². The van der Waals surface area contributed by atoms with Gasteiger partial charge in [-0.15, -0.1) is 11.3 Å². The number of thiophene rings is 1. The summed E-state index contributed by atoms with van der Waals surface area (Å²) >= 11 is 1.12. The fourth-order valence-electron chi connectivity index (χ4n) is 3.65. The first-order valence-electron chi connectivity index (χ1n) is 10.9. The molecule has 2 aromatic heterocycles. The summed E-state index contributed by atoms with van der Waals surface area (Å²) in [4.78, 5) is 49.0. The number of para-hydroxylation sites is 1. The Morgan fingerprint density at radius 1 is 1.15 bits per heavy atom. The first-order chi connectivity index (χ1) is 15.7. The summed E-state index contributed by atoms with van der Waals surface area (Å²) < 4.78 is 0. The van der Waals surface area contributed by atoms with Gasteiger partial charge >= 0.3 is 0 Å². The van der Waals surface area contributed by atoms with Crippen molar-refractivity contribution in [3.8, 4) is 0 Å². The van der Waals surface area contributed by atoms with E-state index in [9.17, 15) is 14.4 Å². The van der Waals surface area contributed by atoms with Crippen LogP contribution in [0.1, 0.15) is 62.4 Å². The van der Waals surface area contributed by atoms with Crippen LogP contribution >= 0.6 is 11.3 Å². The molecular formula is C24H30N4O4S. The zero-order valence-electron chi connectivity index (χ0n) is 19.8. The van der Waals surface area contributed by atoms with Crippen LogP contribution in [-0.4, -0.2) is 54.9 Å². The molecule has 0 fully saturated rings. The van der Waals surface area contributed by atoms with E-state index in [1.807, 2.05) is 45.0 Å². The summed E-state index contributed by atoms with van der Waals surface area (Å²) in [6, 6.07) is 7.52. The lowest BCUT2D eigenvalue weighted by atomic mass is 10.00. The van der Waals surface area contributed by atoms with Gasteiger partial charge in [0.2, 0.25) is 5.78 Å². The molecule has 0 aliphatic carbocycles. The normalized spacial score (nSPS) is 11.1. The van der Waals surface area contributed by atoms with Crippen molar-refractivity contribution in [1.82, 2.24) is 15.4 Å². The Morgan fingerprint density at radius 3 is 2.48 bits per heavy atom. The predicted molar refractivity (Wildman–Crippen MR) is 131 cm³/mol. The van der Waals surface area contributed by atoms with Crippen molar-refractivity contribution in [3.63, 3.8) is 0 Å². The molecule has 0 saturated carbocycles. The number of anilines is 1. The Labute approximate surface area is 197 Å². The number of carbonyl (C=O) groups is 3. The topological polar surface area (TPSA) is 104 Å². The summed E-state index contributed by atoms with van der Waals surface area (Å²) in [5, 5.41) is 8.17. The van der Waals surface area contributed by atoms with Gasteiger partial charge in [0.1, 0.15) is 5.00 Å². The number of hydroxylamine groups is 2. The van der Waals surface area contributed by atoms with E-state index in [0.717, 1.165) is 27.3 Å². The molecule has 0 unspecified atom stereocenters. The van der Waals surface area contributed by atoms with Crippen LogP contribution in [0.2, 0.25) is 0 Å². The highest BCUT2D eigenvalue weighted by Crippen LogP contribution is 2.38. The predicted octanol–water partition coefficient (Wildman–Crippen LogP) is 4.22. The molecule has 33 heavy (non-hydrogen) atoms. The van der Waals surface area contributed by atoms with Crippen LogP contribution < -0.4 is 10.6 Å². The van der Waals surface area contributed by atoms with Gasteiger partial charge < -0.3 is 15.6 Å². The number of aromatic nitrogens is 1. The number of nitrogens with one attached hydrogen (secondary N) is 3. The molecule has 2 heterocycles. The number of benzene rings is 1. The second kappa shape index (κ2) is 10.2. The van der Waals surface area contributed by atoms with Gasteiger partial charge in [-0.1, -0.05) is 32.0 Å². The van der Waals surface area contributed by atoms with E-state index in [4.69, 9.17) is 4.84 Å². The minimum Gasteiger partial charge on any atom is -0.376 e. The third-order valence-electron chi connectivity index (χ3n) is 5.18. The largest absolute Gasteiger partial charge is 0.376 e. The van der Waals surface area contributed by atoms with E-state index in [1.54, 1.807) is 6.92 Å². The van der Waals surface area contributed by atoms with Gasteiger partial charge in [0.25, 0.3) is 11.8 Å². The molecule has 1 aromatic carbocycles. The van der Waals surface area contributed by atoms with Crippen LogP contribution in [0, 0.1) is 12.8 Å². The molecule has 0 bridgehead atoms. The average molecular weight is 471 g/mol. The molecule has 3 N–H and O–H groups in total. The highest BCUT2D eigenvalue weighted by Gasteiger charge is 2.34. The van der Waals surface area contributed by atoms with Crippen molar-refractivity contribution in [1.29, 1.82) is 0 Å². The van der Waals surface area contributed by atoms with Gasteiger partial charge in [-0.05, 0) is 25.8 Å². The maximum atomic E-state index is 13.9. The number of H-pyrrole nitrogens is 1. The average Bonchev–Trinajstić information content (AvgIpc) is 3.33. The first-order valence-corrected chi connectivity index (χ1v) is 11.7. The smallest absolute Gasteiger partial charge is 0.279 e. The summed E-state index contributed by atoms with van der Waals surface area (Å²) in [6.07, 6.45) is 0. The molecule has 0 aliphatic heterocycles. The van der Waals surface area contributed by atoms with E-state index in [0.29, 0.717) is 28.7 Å². The van der Waals surface area contributed by atoms with Crippen molar-refractivity contribution in [2.24, 2.45) is 5.92 Å². The molecule has 9 heteroatoms. The standard InChI is InChI=1S/C24H30N4O4S/c1-7-32-28(6)24(31)18-19(22(30)25-5)23(26-12-13(2)3)33-21(18)20(29)17-14(4)27-16-11-9-8-10-15(16)17/h8-11,13,26-27H,7,12H2,1-6H3,(H,25,30). The Hall–Kier alpha value is -3.17.